The van der Waals surface area contributed by atoms with Crippen LogP contribution in [-0.2, 0) is 0 Å². The van der Waals surface area contributed by atoms with E-state index in [1.165, 1.54) is 0 Å². The molecule has 1 unspecified atom stereocenters. The number of urea groups is 1. The lowest BCUT2D eigenvalue weighted by Crippen LogP contribution is -2.39. The van der Waals surface area contributed by atoms with Crippen LogP contribution in [0.15, 0.2) is 0 Å². The summed E-state index contributed by atoms with van der Waals surface area (Å²) in [4.78, 5) is 11.1. The molecule has 0 aliphatic heterocycles. The Hall–Kier alpha value is -0.380. The average Bonchev–Trinajstić information content (AvgIpc) is 2.84. The third-order valence-electron chi connectivity index (χ3n) is 1.87. The van der Waals surface area contributed by atoms with Crippen LogP contribution in [0, 0.1) is 0 Å². The van der Waals surface area contributed by atoms with E-state index in [-0.39, 0.29) is 6.03 Å². The summed E-state index contributed by atoms with van der Waals surface area (Å²) in [5, 5.41) is 6.20. The van der Waals surface area contributed by atoms with Crippen LogP contribution in [0.1, 0.15) is 19.8 Å². The van der Waals surface area contributed by atoms with Crippen LogP contribution < -0.4 is 10.6 Å². The van der Waals surface area contributed by atoms with Gasteiger partial charge in [-0.15, -0.1) is 0 Å². The van der Waals surface area contributed by atoms with Gasteiger partial charge in [-0.2, -0.15) is 11.8 Å². The molecule has 1 atom stereocenters. The zero-order valence-corrected chi connectivity index (χ0v) is 8.41. The molecule has 0 radical (unpaired) electrons. The van der Waals surface area contributed by atoms with Crippen LogP contribution in [0.5, 0.6) is 0 Å². The third kappa shape index (κ3) is 3.85. The van der Waals surface area contributed by atoms with E-state index in [2.05, 4.69) is 17.6 Å². The Labute approximate surface area is 77.7 Å². The number of hydrogen-bond donors (Lipinski definition) is 2. The van der Waals surface area contributed by atoms with Gasteiger partial charge in [0.25, 0.3) is 0 Å². The van der Waals surface area contributed by atoms with Gasteiger partial charge in [-0.25, -0.2) is 4.79 Å². The van der Waals surface area contributed by atoms with Gasteiger partial charge in [-0.3, -0.25) is 0 Å². The van der Waals surface area contributed by atoms with E-state index in [1.807, 2.05) is 6.26 Å². The van der Waals surface area contributed by atoms with Gasteiger partial charge in [0.05, 0.1) is 0 Å². The molecule has 70 valence electrons. The second-order valence-corrected chi connectivity index (χ2v) is 4.45. The maximum atomic E-state index is 11.1. The Balaban J connectivity index is 2.00. The fourth-order valence-electron chi connectivity index (χ4n) is 0.784. The van der Waals surface area contributed by atoms with Gasteiger partial charge in [0.2, 0.25) is 0 Å². The zero-order chi connectivity index (χ0) is 8.97. The molecule has 0 aromatic carbocycles. The molecule has 0 bridgehead atoms. The topological polar surface area (TPSA) is 41.1 Å². The van der Waals surface area contributed by atoms with Gasteiger partial charge in [0.15, 0.2) is 0 Å². The van der Waals surface area contributed by atoms with Crippen LogP contribution in [0.2, 0.25) is 0 Å². The molecular weight excluding hydrogens is 172 g/mol. The summed E-state index contributed by atoms with van der Waals surface area (Å²) in [5.41, 5.74) is 0. The Bertz CT molecular complexity index is 159. The first-order chi connectivity index (χ1) is 5.72. The predicted molar refractivity (Wildman–Crippen MR) is 52.5 cm³/mol. The first kappa shape index (κ1) is 9.71. The quantitative estimate of drug-likeness (QED) is 0.696. The van der Waals surface area contributed by atoms with Crippen molar-refractivity contribution in [2.75, 3.05) is 12.8 Å². The van der Waals surface area contributed by atoms with Crippen molar-refractivity contribution in [3.05, 3.63) is 0 Å². The van der Waals surface area contributed by atoms with Crippen molar-refractivity contribution in [3.8, 4) is 0 Å². The van der Waals surface area contributed by atoms with Crippen molar-refractivity contribution in [2.45, 2.75) is 31.1 Å². The lowest BCUT2D eigenvalue weighted by Gasteiger charge is -2.10. The molecule has 0 spiro atoms. The number of carbonyl (C=O) groups is 1. The molecule has 1 fully saturated rings. The largest absolute Gasteiger partial charge is 0.337 e. The highest BCUT2D eigenvalue weighted by molar-refractivity contribution is 7.99. The summed E-state index contributed by atoms with van der Waals surface area (Å²) in [6.07, 6.45) is 4.34. The van der Waals surface area contributed by atoms with Gasteiger partial charge in [0, 0.05) is 17.8 Å². The normalized spacial score (nSPS) is 18.5. The average molecular weight is 188 g/mol. The van der Waals surface area contributed by atoms with E-state index >= 15 is 0 Å². The van der Waals surface area contributed by atoms with Crippen molar-refractivity contribution in [1.82, 2.24) is 10.6 Å². The summed E-state index contributed by atoms with van der Waals surface area (Å²) >= 11 is 1.76. The molecule has 4 heteroatoms. The maximum absolute atomic E-state index is 11.1. The van der Waals surface area contributed by atoms with Crippen LogP contribution in [0.3, 0.4) is 0 Å². The number of thioether (sulfide) groups is 1. The molecular formula is C8H16N2OS. The molecule has 12 heavy (non-hydrogen) atoms. The van der Waals surface area contributed by atoms with E-state index in [0.717, 1.165) is 19.4 Å². The highest BCUT2D eigenvalue weighted by Crippen LogP contribution is 2.18. The van der Waals surface area contributed by atoms with Gasteiger partial charge < -0.3 is 10.6 Å². The van der Waals surface area contributed by atoms with E-state index < -0.39 is 0 Å². The van der Waals surface area contributed by atoms with E-state index in [0.29, 0.717) is 11.3 Å². The molecule has 2 amide bonds. The number of rotatable bonds is 4. The molecule has 1 aliphatic carbocycles. The number of amides is 2. The summed E-state index contributed by atoms with van der Waals surface area (Å²) in [5.74, 6) is 0. The van der Waals surface area contributed by atoms with E-state index in [1.54, 1.807) is 11.8 Å². The highest BCUT2D eigenvalue weighted by atomic mass is 32.2. The minimum atomic E-state index is -0.0154. The van der Waals surface area contributed by atoms with Gasteiger partial charge in [0.1, 0.15) is 0 Å². The lowest BCUT2D eigenvalue weighted by atomic mass is 10.5. The van der Waals surface area contributed by atoms with Crippen molar-refractivity contribution in [2.24, 2.45) is 0 Å². The van der Waals surface area contributed by atoms with Gasteiger partial charge in [-0.05, 0) is 19.1 Å². The smallest absolute Gasteiger partial charge is 0.315 e. The SMILES string of the molecule is CSC(C)CNC(=O)NC1CC1. The predicted octanol–water partition coefficient (Wildman–Crippen LogP) is 1.20. The highest BCUT2D eigenvalue weighted by Gasteiger charge is 2.22. The molecule has 1 saturated carbocycles. The van der Waals surface area contributed by atoms with E-state index in [4.69, 9.17) is 0 Å². The molecule has 0 saturated heterocycles. The van der Waals surface area contributed by atoms with Crippen LogP contribution in [0.4, 0.5) is 4.79 Å². The van der Waals surface area contributed by atoms with Crippen LogP contribution in [0.25, 0.3) is 0 Å². The second-order valence-electron chi connectivity index (χ2n) is 3.17. The minimum Gasteiger partial charge on any atom is -0.337 e. The summed E-state index contributed by atoms with van der Waals surface area (Å²) in [7, 11) is 0. The molecule has 0 heterocycles. The summed E-state index contributed by atoms with van der Waals surface area (Å²) in [6.45, 7) is 2.85. The van der Waals surface area contributed by atoms with Crippen LogP contribution in [-0.4, -0.2) is 30.1 Å². The number of carbonyl (C=O) groups excluding carboxylic acids is 1. The molecule has 3 nitrogen and oxygen atoms in total. The Morgan fingerprint density at radius 3 is 2.83 bits per heavy atom. The van der Waals surface area contributed by atoms with Crippen molar-refractivity contribution in [1.29, 1.82) is 0 Å². The second kappa shape index (κ2) is 4.60. The van der Waals surface area contributed by atoms with Gasteiger partial charge >= 0.3 is 6.03 Å². The monoisotopic (exact) mass is 188 g/mol. The summed E-state index contributed by atoms with van der Waals surface area (Å²) < 4.78 is 0. The van der Waals surface area contributed by atoms with Crippen molar-refractivity contribution in [3.63, 3.8) is 0 Å². The Morgan fingerprint density at radius 1 is 1.67 bits per heavy atom. The zero-order valence-electron chi connectivity index (χ0n) is 7.59. The van der Waals surface area contributed by atoms with Crippen molar-refractivity contribution < 1.29 is 4.79 Å². The summed E-state index contributed by atoms with van der Waals surface area (Å²) in [6, 6.07) is 0.438. The maximum Gasteiger partial charge on any atom is 0.315 e. The fourth-order valence-corrected chi connectivity index (χ4v) is 1.03. The standard InChI is InChI=1S/C8H16N2OS/c1-6(12-2)5-9-8(11)10-7-3-4-7/h6-7H,3-5H2,1-2H3,(H2,9,10,11). The number of hydrogen-bond acceptors (Lipinski definition) is 2. The van der Waals surface area contributed by atoms with Crippen LogP contribution >= 0.6 is 11.8 Å². The fraction of sp³-hybridized carbons (Fsp3) is 0.875. The Kier molecular flexibility index (Phi) is 3.72. The molecule has 1 rings (SSSR count). The van der Waals surface area contributed by atoms with E-state index in [9.17, 15) is 4.79 Å². The molecule has 0 aromatic rings. The first-order valence-electron chi connectivity index (χ1n) is 4.29. The molecule has 1 aliphatic rings. The lowest BCUT2D eigenvalue weighted by molar-refractivity contribution is 0.240. The third-order valence-corrected chi connectivity index (χ3v) is 2.84. The first-order valence-corrected chi connectivity index (χ1v) is 5.58. The van der Waals surface area contributed by atoms with Crippen molar-refractivity contribution >= 4 is 17.8 Å². The molecule has 0 aromatic heterocycles. The van der Waals surface area contributed by atoms with Gasteiger partial charge in [-0.1, -0.05) is 6.92 Å². The molecule has 2 N–H and O–H groups in total. The number of nitrogens with one attached hydrogen (secondary N) is 2. The minimum absolute atomic E-state index is 0.0154. The Morgan fingerprint density at radius 2 is 2.33 bits per heavy atom.